The molecule has 582 valence electrons. The van der Waals surface area contributed by atoms with E-state index in [0.29, 0.717) is 25.6 Å². The van der Waals surface area contributed by atoms with Gasteiger partial charge in [-0.3, -0.25) is 14.5 Å². The number of ether oxygens (including phenoxy) is 3. The van der Waals surface area contributed by atoms with Gasteiger partial charge >= 0.3 is 25.4 Å². The molecular weight excluding hydrogens is 1470 g/mol. The number of hydrogen-bond acceptors (Lipinski definition) is 14. The summed E-state index contributed by atoms with van der Waals surface area (Å²) in [7, 11) is 2.22. The molecule has 4 aliphatic heterocycles. The van der Waals surface area contributed by atoms with Crippen molar-refractivity contribution in [3.8, 4) is 56.2 Å². The average Bonchev–Trinajstić information content (AvgIpc) is 1.62. The minimum Gasteiger partial charge on any atom is -0.453 e. The fourth-order valence-corrected chi connectivity index (χ4v) is 15.7. The maximum Gasteiger partial charge on any atom is 0.494 e. The molecule has 111 heavy (non-hydrogen) atoms. The van der Waals surface area contributed by atoms with Gasteiger partial charge < -0.3 is 63.9 Å². The van der Waals surface area contributed by atoms with Gasteiger partial charge in [0.2, 0.25) is 11.8 Å². The Bertz CT molecular complexity index is 4940. The molecule has 5 atom stereocenters. The number of likely N-dealkylation sites (tertiary alicyclic amines) is 3. The number of fused-ring (bicyclic) bond motifs is 2. The molecule has 5 fully saturated rings. The summed E-state index contributed by atoms with van der Waals surface area (Å²) in [6.07, 6.45) is 16.3. The number of benzene rings is 6. The van der Waals surface area contributed by atoms with Gasteiger partial charge in [-0.05, 0) is 191 Å². The molecule has 1 aliphatic carbocycles. The zero-order chi connectivity index (χ0) is 78.6. The minimum atomic E-state index is -0.659. The van der Waals surface area contributed by atoms with Gasteiger partial charge in [0.05, 0.1) is 91.1 Å². The summed E-state index contributed by atoms with van der Waals surface area (Å²) in [5.74, 6) is 3.67. The zero-order valence-electron chi connectivity index (χ0n) is 65.8. The summed E-state index contributed by atoms with van der Waals surface area (Å²) in [6, 6.07) is 40.7. The molecule has 15 rings (SSSR count). The number of H-pyrrole nitrogens is 4. The Morgan fingerprint density at radius 3 is 1.28 bits per heavy atom. The largest absolute Gasteiger partial charge is 0.494 e. The molecule has 6 N–H and O–H groups in total. The summed E-state index contributed by atoms with van der Waals surface area (Å²) in [6.45, 7) is 23.5. The molecule has 5 aliphatic rings. The lowest BCUT2D eigenvalue weighted by atomic mass is 9.78. The molecule has 0 unspecified atom stereocenters. The molecule has 8 heterocycles. The zero-order valence-corrected chi connectivity index (χ0v) is 67.4. The number of aromatic nitrogens is 8. The van der Waals surface area contributed by atoms with Crippen molar-refractivity contribution in [3.63, 3.8) is 0 Å². The monoisotopic (exact) mass is 1570 g/mol. The first kappa shape index (κ1) is 79.0. The Hall–Kier alpha value is -10.1. The standard InChI is InChI=1S/C38H42N6O3.C28H36BN3O4.C20H25BrN4O3/c1-23(2)34(43-38(46)47-3)37(45)44-18-6-9-33(44)36-40-21-31(42-36)25-12-10-24(11-13-25)27-14-15-29-20-30(17-16-28(29)19-27)32-22-39-35(41-32)26-7-4-5-8-26;1-26(2,3)34-25(33)32-14-8-9-23(32)24-30-17-22(31-24)20-11-10-19-16-21(13-12-18(19)15-20)29-35-27(4,5)28(6,7)36-29;1-12(2)17(24-20(27)28-3)19(26)25-10-4-5-16(25)18-22-11-15(23-18)13-6-8-14(21)9-7-13/h10-17,19-23,26,33-34H,4-9,18H2,1-3H3,(H,39,41)(H,40,42)(H,43,46);10-13,15-17,23H,8-9,14H2,1-7H3,(H,30,31);6-9,11-12,16-17H,4-5,10H2,1-3H3,(H,22,23)(H,24,27)/t33-,34-;23-;16-,17-/m000/s1. The minimum absolute atomic E-state index is 0.0530. The Morgan fingerprint density at radius 1 is 0.477 bits per heavy atom. The maximum atomic E-state index is 13.5. The third-order valence-corrected chi connectivity index (χ3v) is 22.9. The number of alkyl carbamates (subject to hydrolysis) is 2. The normalized spacial score (nSPS) is 18.8. The van der Waals surface area contributed by atoms with Crippen LogP contribution in [-0.4, -0.2) is 155 Å². The highest BCUT2D eigenvalue weighted by Gasteiger charge is 2.52. The lowest BCUT2D eigenvalue weighted by Crippen LogP contribution is -2.51. The SMILES string of the molecule is CC(C)(C)OC(=O)N1CCC[C@H]1c1ncc(-c2ccc3cc(B4OC(C)(C)C(C)(C)O4)ccc3c2)[nH]1.COC(=O)N[C@H](C(=O)N1CCC[C@H]1c1ncc(-c2ccc(-c3ccc4cc(-c5cnc(C6CCCC6)[nH]5)ccc4c3)cc2)[nH]1)C(C)C.COC(=O)N[C@H](C(=O)N1CCC[C@H]1c1ncc(-c2ccc(Br)cc2)[nH]1)C(C)C. The molecule has 0 spiro atoms. The molecule has 5 amide bonds. The van der Waals surface area contributed by atoms with Crippen LogP contribution in [0.15, 0.2) is 151 Å². The van der Waals surface area contributed by atoms with Gasteiger partial charge in [0.1, 0.15) is 41.0 Å². The van der Waals surface area contributed by atoms with E-state index in [4.69, 9.17) is 23.8 Å². The van der Waals surface area contributed by atoms with Crippen molar-refractivity contribution >= 4 is 80.2 Å². The predicted molar refractivity (Wildman–Crippen MR) is 435 cm³/mol. The fraction of sp³-hybridized carbons (Fsp3) is 0.430. The molecule has 1 saturated carbocycles. The first-order valence-corrected chi connectivity index (χ1v) is 39.7. The van der Waals surface area contributed by atoms with E-state index < -0.39 is 29.9 Å². The van der Waals surface area contributed by atoms with Crippen LogP contribution >= 0.6 is 15.9 Å². The lowest BCUT2D eigenvalue weighted by molar-refractivity contribution is -0.136. The topological polar surface area (TPSA) is 280 Å². The number of nitrogens with zero attached hydrogens (tertiary/aromatic N) is 7. The number of nitrogens with one attached hydrogen (secondary N) is 6. The number of methoxy groups -OCH3 is 2. The van der Waals surface area contributed by atoms with E-state index in [0.717, 1.165) is 139 Å². The van der Waals surface area contributed by atoms with Crippen molar-refractivity contribution in [2.24, 2.45) is 11.8 Å². The molecule has 0 bridgehead atoms. The summed E-state index contributed by atoms with van der Waals surface area (Å²) in [5.41, 5.74) is 10.1. The summed E-state index contributed by atoms with van der Waals surface area (Å²) >= 11 is 3.44. The molecule has 4 saturated heterocycles. The van der Waals surface area contributed by atoms with Gasteiger partial charge in [-0.15, -0.1) is 0 Å². The third kappa shape index (κ3) is 18.0. The molecular formula is C86H103BBrN13O10. The van der Waals surface area contributed by atoms with Crippen molar-refractivity contribution in [3.05, 3.63) is 174 Å². The number of carbonyl (C=O) groups excluding carboxylic acids is 5. The van der Waals surface area contributed by atoms with E-state index in [1.165, 1.54) is 50.7 Å². The number of aromatic amines is 4. The second-order valence-electron chi connectivity index (χ2n) is 32.4. The van der Waals surface area contributed by atoms with Crippen molar-refractivity contribution in [2.45, 2.75) is 193 Å². The van der Waals surface area contributed by atoms with Crippen LogP contribution < -0.4 is 16.1 Å². The van der Waals surface area contributed by atoms with E-state index in [2.05, 4.69) is 191 Å². The number of imidazole rings is 4. The molecule has 0 radical (unpaired) electrons. The van der Waals surface area contributed by atoms with Gasteiger partial charge in [-0.25, -0.2) is 34.3 Å². The predicted octanol–water partition coefficient (Wildman–Crippen LogP) is 17.5. The molecule has 4 aromatic heterocycles. The first-order valence-electron chi connectivity index (χ1n) is 38.9. The first-order chi connectivity index (χ1) is 53.1. The van der Waals surface area contributed by atoms with Crippen LogP contribution in [-0.2, 0) is 33.1 Å². The number of hydrogen-bond donors (Lipinski definition) is 6. The Kier molecular flexibility index (Phi) is 23.8. The second kappa shape index (κ2) is 33.5. The van der Waals surface area contributed by atoms with Crippen molar-refractivity contribution in [1.29, 1.82) is 0 Å². The molecule has 23 nitrogen and oxygen atoms in total. The van der Waals surface area contributed by atoms with Crippen LogP contribution in [0.3, 0.4) is 0 Å². The van der Waals surface area contributed by atoms with Crippen LogP contribution in [0.1, 0.15) is 188 Å². The van der Waals surface area contributed by atoms with E-state index in [-0.39, 0.29) is 66.2 Å². The van der Waals surface area contributed by atoms with Crippen molar-refractivity contribution in [2.75, 3.05) is 33.9 Å². The van der Waals surface area contributed by atoms with E-state index in [1.54, 1.807) is 11.1 Å². The maximum absolute atomic E-state index is 13.5. The van der Waals surface area contributed by atoms with Gasteiger partial charge in [0, 0.05) is 41.2 Å². The van der Waals surface area contributed by atoms with E-state index in [1.807, 2.05) is 101 Å². The van der Waals surface area contributed by atoms with E-state index >= 15 is 0 Å². The van der Waals surface area contributed by atoms with Gasteiger partial charge in [-0.2, -0.15) is 0 Å². The van der Waals surface area contributed by atoms with Crippen molar-refractivity contribution in [1.82, 2.24) is 65.2 Å². The number of amides is 5. The quantitative estimate of drug-likeness (QED) is 0.0388. The highest BCUT2D eigenvalue weighted by molar-refractivity contribution is 9.10. The Balaban J connectivity index is 0.000000151. The van der Waals surface area contributed by atoms with Gasteiger partial charge in [0.25, 0.3) is 0 Å². The fourth-order valence-electron chi connectivity index (χ4n) is 15.4. The molecule has 25 heteroatoms. The third-order valence-electron chi connectivity index (χ3n) is 22.3. The van der Waals surface area contributed by atoms with Crippen molar-refractivity contribution < 1.29 is 47.5 Å². The summed E-state index contributed by atoms with van der Waals surface area (Å²) < 4.78 is 28.5. The van der Waals surface area contributed by atoms with Crippen LogP contribution in [0.25, 0.3) is 77.7 Å². The average molecular weight is 1570 g/mol. The second-order valence-corrected chi connectivity index (χ2v) is 33.3. The molecule has 10 aromatic rings. The smallest absolute Gasteiger partial charge is 0.453 e. The summed E-state index contributed by atoms with van der Waals surface area (Å²) in [5, 5.41) is 10.0. The van der Waals surface area contributed by atoms with Crippen LogP contribution in [0.5, 0.6) is 0 Å². The van der Waals surface area contributed by atoms with Gasteiger partial charge in [-0.1, -0.05) is 147 Å². The summed E-state index contributed by atoms with van der Waals surface area (Å²) in [4.78, 5) is 101. The van der Waals surface area contributed by atoms with Gasteiger partial charge in [0.15, 0.2) is 0 Å². The van der Waals surface area contributed by atoms with Crippen LogP contribution in [0, 0.1) is 11.8 Å². The van der Waals surface area contributed by atoms with Crippen LogP contribution in [0.2, 0.25) is 0 Å². The lowest BCUT2D eigenvalue weighted by Gasteiger charge is -2.32. The number of carbonyl (C=O) groups is 5. The Morgan fingerprint density at radius 2 is 0.838 bits per heavy atom. The highest BCUT2D eigenvalue weighted by Crippen LogP contribution is 2.41. The number of halogens is 1. The van der Waals surface area contributed by atoms with Crippen LogP contribution in [0.4, 0.5) is 14.4 Å². The number of rotatable bonds is 16. The molecule has 6 aromatic carbocycles. The Labute approximate surface area is 658 Å². The van der Waals surface area contributed by atoms with E-state index in [9.17, 15) is 24.0 Å². The highest BCUT2D eigenvalue weighted by atomic mass is 79.9.